The summed E-state index contributed by atoms with van der Waals surface area (Å²) in [7, 11) is -2.20. The predicted molar refractivity (Wildman–Crippen MR) is 85.1 cm³/mol. The van der Waals surface area contributed by atoms with Crippen molar-refractivity contribution < 1.29 is 17.6 Å². The molecule has 7 heteroatoms. The van der Waals surface area contributed by atoms with Crippen LogP contribution in [0.2, 0.25) is 0 Å². The highest BCUT2D eigenvalue weighted by molar-refractivity contribution is 7.89. The SMILES string of the molecule is CNS(=O)(=O)c1ccc(C(=O)NCCc2ccccc2F)cc1. The Morgan fingerprint density at radius 1 is 1.09 bits per heavy atom. The van der Waals surface area contributed by atoms with E-state index in [4.69, 9.17) is 0 Å². The van der Waals surface area contributed by atoms with Crippen LogP contribution in [0.4, 0.5) is 4.39 Å². The first-order valence-electron chi connectivity index (χ1n) is 6.99. The minimum atomic E-state index is -3.52. The van der Waals surface area contributed by atoms with Crippen LogP contribution in [0.1, 0.15) is 15.9 Å². The maximum Gasteiger partial charge on any atom is 0.251 e. The van der Waals surface area contributed by atoms with E-state index in [1.165, 1.54) is 37.4 Å². The molecule has 0 fully saturated rings. The number of carbonyl (C=O) groups is 1. The monoisotopic (exact) mass is 336 g/mol. The first-order chi connectivity index (χ1) is 10.9. The average Bonchev–Trinajstić information content (AvgIpc) is 2.56. The minimum Gasteiger partial charge on any atom is -0.352 e. The van der Waals surface area contributed by atoms with Crippen molar-refractivity contribution in [1.29, 1.82) is 0 Å². The standard InChI is InChI=1S/C16H17FN2O3S/c1-18-23(21,22)14-8-6-13(7-9-14)16(20)19-11-10-12-4-2-3-5-15(12)17/h2-9,18H,10-11H2,1H3,(H,19,20). The molecule has 2 rings (SSSR count). The third kappa shape index (κ3) is 4.37. The van der Waals surface area contributed by atoms with Crippen molar-refractivity contribution in [1.82, 2.24) is 10.0 Å². The lowest BCUT2D eigenvalue weighted by molar-refractivity contribution is 0.0954. The number of nitrogens with one attached hydrogen (secondary N) is 2. The van der Waals surface area contributed by atoms with Gasteiger partial charge in [0.05, 0.1) is 4.90 Å². The molecule has 1 amide bonds. The van der Waals surface area contributed by atoms with Crippen LogP contribution in [-0.4, -0.2) is 27.9 Å². The van der Waals surface area contributed by atoms with E-state index in [2.05, 4.69) is 10.0 Å². The van der Waals surface area contributed by atoms with Gasteiger partial charge in [0.1, 0.15) is 5.82 Å². The topological polar surface area (TPSA) is 75.3 Å². The van der Waals surface area contributed by atoms with Gasteiger partial charge in [-0.05, 0) is 49.4 Å². The second kappa shape index (κ2) is 7.34. The van der Waals surface area contributed by atoms with E-state index >= 15 is 0 Å². The molecule has 2 aromatic carbocycles. The van der Waals surface area contributed by atoms with Crippen molar-refractivity contribution >= 4 is 15.9 Å². The largest absolute Gasteiger partial charge is 0.352 e. The van der Waals surface area contributed by atoms with Gasteiger partial charge in [-0.15, -0.1) is 0 Å². The Labute approximate surface area is 134 Å². The van der Waals surface area contributed by atoms with E-state index in [1.54, 1.807) is 18.2 Å². The average molecular weight is 336 g/mol. The highest BCUT2D eigenvalue weighted by Gasteiger charge is 2.12. The molecule has 2 aromatic rings. The predicted octanol–water partition coefficient (Wildman–Crippen LogP) is 1.71. The van der Waals surface area contributed by atoms with Crippen molar-refractivity contribution in [2.45, 2.75) is 11.3 Å². The van der Waals surface area contributed by atoms with Gasteiger partial charge < -0.3 is 5.32 Å². The molecule has 0 heterocycles. The van der Waals surface area contributed by atoms with Gasteiger partial charge in [0.25, 0.3) is 5.91 Å². The zero-order chi connectivity index (χ0) is 16.9. The summed E-state index contributed by atoms with van der Waals surface area (Å²) in [4.78, 5) is 12.1. The Hall–Kier alpha value is -2.25. The zero-order valence-electron chi connectivity index (χ0n) is 12.5. The fraction of sp³-hybridized carbons (Fsp3) is 0.188. The minimum absolute atomic E-state index is 0.0860. The van der Waals surface area contributed by atoms with Crippen LogP contribution in [0.25, 0.3) is 0 Å². The second-order valence-electron chi connectivity index (χ2n) is 4.83. The summed E-state index contributed by atoms with van der Waals surface area (Å²) in [5.74, 6) is -0.641. The van der Waals surface area contributed by atoms with Crippen LogP contribution in [-0.2, 0) is 16.4 Å². The van der Waals surface area contributed by atoms with Gasteiger partial charge in [-0.3, -0.25) is 4.79 Å². The smallest absolute Gasteiger partial charge is 0.251 e. The summed E-state index contributed by atoms with van der Waals surface area (Å²) >= 11 is 0. The van der Waals surface area contributed by atoms with Crippen LogP contribution in [0.15, 0.2) is 53.4 Å². The van der Waals surface area contributed by atoms with Gasteiger partial charge in [-0.2, -0.15) is 0 Å². The molecule has 122 valence electrons. The second-order valence-corrected chi connectivity index (χ2v) is 6.72. The molecular weight excluding hydrogens is 319 g/mol. The van der Waals surface area contributed by atoms with Gasteiger partial charge in [0.15, 0.2) is 0 Å². The fourth-order valence-corrected chi connectivity index (χ4v) is 2.75. The molecule has 0 saturated carbocycles. The maximum atomic E-state index is 13.5. The summed E-state index contributed by atoms with van der Waals surface area (Å²) in [6.45, 7) is 0.288. The Bertz CT molecular complexity index is 789. The van der Waals surface area contributed by atoms with Crippen molar-refractivity contribution in [2.24, 2.45) is 0 Å². The number of rotatable bonds is 6. The maximum absolute atomic E-state index is 13.5. The molecule has 2 N–H and O–H groups in total. The molecule has 0 aliphatic rings. The van der Waals surface area contributed by atoms with Crippen LogP contribution in [0.5, 0.6) is 0 Å². The fourth-order valence-electron chi connectivity index (χ4n) is 2.02. The lowest BCUT2D eigenvalue weighted by Crippen LogP contribution is -2.26. The van der Waals surface area contributed by atoms with Crippen molar-refractivity contribution in [2.75, 3.05) is 13.6 Å². The molecule has 0 spiro atoms. The summed E-state index contributed by atoms with van der Waals surface area (Å²) in [5.41, 5.74) is 0.872. The number of halogens is 1. The number of amides is 1. The van der Waals surface area contributed by atoms with Gasteiger partial charge in [-0.1, -0.05) is 18.2 Å². The molecule has 0 aliphatic heterocycles. The van der Waals surface area contributed by atoms with Crippen LogP contribution < -0.4 is 10.0 Å². The van der Waals surface area contributed by atoms with Crippen LogP contribution in [0, 0.1) is 5.82 Å². The third-order valence-electron chi connectivity index (χ3n) is 3.33. The van der Waals surface area contributed by atoms with E-state index < -0.39 is 10.0 Å². The molecule has 23 heavy (non-hydrogen) atoms. The Kier molecular flexibility index (Phi) is 5.46. The first kappa shape index (κ1) is 17.1. The van der Waals surface area contributed by atoms with Crippen molar-refractivity contribution in [3.63, 3.8) is 0 Å². The molecule has 0 atom stereocenters. The third-order valence-corrected chi connectivity index (χ3v) is 4.76. The number of hydrogen-bond acceptors (Lipinski definition) is 3. The summed E-state index contributed by atoms with van der Waals surface area (Å²) in [5, 5.41) is 2.68. The van der Waals surface area contributed by atoms with E-state index in [-0.39, 0.29) is 23.2 Å². The lowest BCUT2D eigenvalue weighted by atomic mass is 10.1. The number of carbonyl (C=O) groups excluding carboxylic acids is 1. The van der Waals surface area contributed by atoms with Crippen molar-refractivity contribution in [3.8, 4) is 0 Å². The molecular formula is C16H17FN2O3S. The normalized spacial score (nSPS) is 11.2. The highest BCUT2D eigenvalue weighted by Crippen LogP contribution is 2.10. The molecule has 0 saturated heterocycles. The summed E-state index contributed by atoms with van der Waals surface area (Å²) in [6, 6.07) is 12.0. The van der Waals surface area contributed by atoms with Crippen molar-refractivity contribution in [3.05, 3.63) is 65.5 Å². The number of hydrogen-bond donors (Lipinski definition) is 2. The first-order valence-corrected chi connectivity index (χ1v) is 8.47. The van der Waals surface area contributed by atoms with E-state index in [0.29, 0.717) is 17.5 Å². The quantitative estimate of drug-likeness (QED) is 0.843. The Balaban J connectivity index is 1.95. The van der Waals surface area contributed by atoms with Crippen LogP contribution in [0.3, 0.4) is 0 Å². The van der Waals surface area contributed by atoms with Gasteiger partial charge in [-0.25, -0.2) is 17.5 Å². The number of sulfonamides is 1. The molecule has 5 nitrogen and oxygen atoms in total. The lowest BCUT2D eigenvalue weighted by Gasteiger charge is -2.07. The molecule has 0 aliphatic carbocycles. The summed E-state index contributed by atoms with van der Waals surface area (Å²) < 4.78 is 38.8. The molecule has 0 unspecified atom stereocenters. The van der Waals surface area contributed by atoms with Gasteiger partial charge in [0.2, 0.25) is 10.0 Å². The van der Waals surface area contributed by atoms with Gasteiger partial charge in [0, 0.05) is 12.1 Å². The summed E-state index contributed by atoms with van der Waals surface area (Å²) in [6.07, 6.45) is 0.380. The van der Waals surface area contributed by atoms with E-state index in [1.807, 2.05) is 0 Å². The Morgan fingerprint density at radius 2 is 1.74 bits per heavy atom. The molecule has 0 aromatic heterocycles. The number of benzene rings is 2. The van der Waals surface area contributed by atoms with E-state index in [0.717, 1.165) is 0 Å². The zero-order valence-corrected chi connectivity index (χ0v) is 13.4. The molecule has 0 bridgehead atoms. The highest BCUT2D eigenvalue weighted by atomic mass is 32.2. The molecule has 0 radical (unpaired) electrons. The van der Waals surface area contributed by atoms with Crippen LogP contribution >= 0.6 is 0 Å². The Morgan fingerprint density at radius 3 is 2.35 bits per heavy atom. The van der Waals surface area contributed by atoms with E-state index in [9.17, 15) is 17.6 Å². The van der Waals surface area contributed by atoms with Gasteiger partial charge >= 0.3 is 0 Å².